The van der Waals surface area contributed by atoms with Crippen LogP contribution in [0.15, 0.2) is 18.2 Å². The van der Waals surface area contributed by atoms with Crippen molar-refractivity contribution in [2.45, 2.75) is 33.1 Å². The first-order chi connectivity index (χ1) is 10.1. The molecular formula is C16H21ClO4. The molecule has 0 unspecified atom stereocenters. The van der Waals surface area contributed by atoms with Gasteiger partial charge in [0.1, 0.15) is 5.75 Å². The first-order valence-corrected chi connectivity index (χ1v) is 7.60. The lowest BCUT2D eigenvalue weighted by Crippen LogP contribution is -2.09. The van der Waals surface area contributed by atoms with Crippen molar-refractivity contribution >= 4 is 23.4 Å². The van der Waals surface area contributed by atoms with E-state index in [2.05, 4.69) is 0 Å². The van der Waals surface area contributed by atoms with Crippen LogP contribution in [-0.4, -0.2) is 30.8 Å². The zero-order chi connectivity index (χ0) is 15.7. The van der Waals surface area contributed by atoms with E-state index in [0.29, 0.717) is 24.7 Å². The number of hydrogen-bond acceptors (Lipinski definition) is 4. The third-order valence-electron chi connectivity index (χ3n) is 2.91. The van der Waals surface area contributed by atoms with E-state index in [4.69, 9.17) is 21.1 Å². The van der Waals surface area contributed by atoms with Gasteiger partial charge in [-0.15, -0.1) is 11.6 Å². The van der Waals surface area contributed by atoms with Gasteiger partial charge in [-0.25, -0.2) is 0 Å². The number of carbonyl (C=O) groups is 2. The minimum Gasteiger partial charge on any atom is -0.494 e. The number of hydrogen-bond donors (Lipinski definition) is 0. The minimum absolute atomic E-state index is 0.0622. The first kappa shape index (κ1) is 17.5. The summed E-state index contributed by atoms with van der Waals surface area (Å²) in [6.45, 7) is 4.48. The van der Waals surface area contributed by atoms with Crippen LogP contribution in [0.25, 0.3) is 0 Å². The number of ketones is 1. The molecule has 0 fully saturated rings. The van der Waals surface area contributed by atoms with Crippen molar-refractivity contribution in [3.05, 3.63) is 29.3 Å². The lowest BCUT2D eigenvalue weighted by atomic mass is 10.0. The normalized spacial score (nSPS) is 10.2. The van der Waals surface area contributed by atoms with Gasteiger partial charge >= 0.3 is 5.97 Å². The summed E-state index contributed by atoms with van der Waals surface area (Å²) < 4.78 is 10.3. The van der Waals surface area contributed by atoms with Crippen LogP contribution in [0.4, 0.5) is 0 Å². The topological polar surface area (TPSA) is 52.6 Å². The number of aryl methyl sites for hydroxylation is 1. The van der Waals surface area contributed by atoms with Crippen molar-refractivity contribution in [2.75, 3.05) is 19.1 Å². The molecule has 116 valence electrons. The number of Topliss-reactive ketones (excluding diaryl/α,β-unsaturated/α-hetero) is 1. The second kappa shape index (κ2) is 9.40. The van der Waals surface area contributed by atoms with E-state index in [1.54, 1.807) is 19.1 Å². The van der Waals surface area contributed by atoms with Gasteiger partial charge in [0.15, 0.2) is 5.78 Å². The molecule has 0 aromatic heterocycles. The van der Waals surface area contributed by atoms with E-state index < -0.39 is 0 Å². The highest BCUT2D eigenvalue weighted by atomic mass is 35.5. The van der Waals surface area contributed by atoms with Gasteiger partial charge in [0.25, 0.3) is 0 Å². The van der Waals surface area contributed by atoms with Gasteiger partial charge in [0.05, 0.1) is 19.6 Å². The van der Waals surface area contributed by atoms with Crippen LogP contribution >= 0.6 is 11.6 Å². The van der Waals surface area contributed by atoms with Gasteiger partial charge in [-0.2, -0.15) is 0 Å². The fourth-order valence-electron chi connectivity index (χ4n) is 1.87. The van der Waals surface area contributed by atoms with Crippen molar-refractivity contribution in [1.29, 1.82) is 0 Å². The largest absolute Gasteiger partial charge is 0.494 e. The Balaban J connectivity index is 2.58. The van der Waals surface area contributed by atoms with E-state index in [1.165, 1.54) is 0 Å². The number of carbonyl (C=O) groups excluding carboxylic acids is 2. The molecule has 0 aliphatic rings. The van der Waals surface area contributed by atoms with Gasteiger partial charge in [0.2, 0.25) is 0 Å². The predicted molar refractivity (Wildman–Crippen MR) is 82.2 cm³/mol. The molecule has 0 bridgehead atoms. The molecule has 0 N–H and O–H groups in total. The molecule has 0 spiro atoms. The maximum atomic E-state index is 12.1. The van der Waals surface area contributed by atoms with Gasteiger partial charge in [-0.05, 0) is 44.0 Å². The molecule has 1 aromatic carbocycles. The molecule has 0 radical (unpaired) electrons. The average Bonchev–Trinajstić information content (AvgIpc) is 2.45. The Morgan fingerprint density at radius 2 is 2.00 bits per heavy atom. The number of alkyl halides is 1. The van der Waals surface area contributed by atoms with Crippen LogP contribution in [0, 0.1) is 6.92 Å². The van der Waals surface area contributed by atoms with Gasteiger partial charge in [-0.1, -0.05) is 0 Å². The van der Waals surface area contributed by atoms with E-state index in [1.807, 2.05) is 13.0 Å². The number of esters is 1. The maximum absolute atomic E-state index is 12.1. The van der Waals surface area contributed by atoms with Crippen molar-refractivity contribution in [3.8, 4) is 5.75 Å². The molecule has 0 aliphatic carbocycles. The van der Waals surface area contributed by atoms with Gasteiger partial charge in [0, 0.05) is 17.9 Å². The average molecular weight is 313 g/mol. The molecule has 0 saturated heterocycles. The van der Waals surface area contributed by atoms with Gasteiger partial charge in [-0.3, -0.25) is 9.59 Å². The summed E-state index contributed by atoms with van der Waals surface area (Å²) in [6.07, 6.45) is 1.05. The number of benzene rings is 1. The van der Waals surface area contributed by atoms with Crippen LogP contribution in [0.1, 0.15) is 42.1 Å². The third kappa shape index (κ3) is 6.17. The van der Waals surface area contributed by atoms with Crippen molar-refractivity contribution in [1.82, 2.24) is 0 Å². The standard InChI is InChI=1S/C16H21ClO4/c1-3-20-16(19)8-7-15(18)14-6-5-13(11-12(14)2)21-10-4-9-17/h5-6,11H,3-4,7-10H2,1-2H3. The molecule has 21 heavy (non-hydrogen) atoms. The Hall–Kier alpha value is -1.55. The number of rotatable bonds is 9. The zero-order valence-corrected chi connectivity index (χ0v) is 13.2. The third-order valence-corrected chi connectivity index (χ3v) is 3.17. The molecule has 0 saturated carbocycles. The lowest BCUT2D eigenvalue weighted by Gasteiger charge is -2.09. The SMILES string of the molecule is CCOC(=O)CCC(=O)c1ccc(OCCCCl)cc1C. The molecule has 0 atom stereocenters. The molecule has 1 rings (SSSR count). The summed E-state index contributed by atoms with van der Waals surface area (Å²) in [6, 6.07) is 5.32. The summed E-state index contributed by atoms with van der Waals surface area (Å²) in [5, 5.41) is 0. The molecule has 0 amide bonds. The Bertz CT molecular complexity index is 485. The highest BCUT2D eigenvalue weighted by Crippen LogP contribution is 2.19. The van der Waals surface area contributed by atoms with Crippen LogP contribution in [0.2, 0.25) is 0 Å². The van der Waals surface area contributed by atoms with Crippen LogP contribution < -0.4 is 4.74 Å². The van der Waals surface area contributed by atoms with Crippen molar-refractivity contribution in [3.63, 3.8) is 0 Å². The Labute approximate surface area is 130 Å². The smallest absolute Gasteiger partial charge is 0.306 e. The summed E-state index contributed by atoms with van der Waals surface area (Å²) in [5.74, 6) is 0.876. The second-order valence-electron chi connectivity index (χ2n) is 4.60. The van der Waals surface area contributed by atoms with Crippen LogP contribution in [-0.2, 0) is 9.53 Å². The van der Waals surface area contributed by atoms with E-state index >= 15 is 0 Å². The molecule has 0 aliphatic heterocycles. The summed E-state index contributed by atoms with van der Waals surface area (Å²) >= 11 is 5.59. The van der Waals surface area contributed by atoms with E-state index in [-0.39, 0.29) is 24.6 Å². The van der Waals surface area contributed by atoms with Crippen molar-refractivity contribution in [2.24, 2.45) is 0 Å². The van der Waals surface area contributed by atoms with Crippen LogP contribution in [0.3, 0.4) is 0 Å². The lowest BCUT2D eigenvalue weighted by molar-refractivity contribution is -0.143. The quantitative estimate of drug-likeness (QED) is 0.303. The molecule has 5 heteroatoms. The molecule has 4 nitrogen and oxygen atoms in total. The number of ether oxygens (including phenoxy) is 2. The number of halogens is 1. The Kier molecular flexibility index (Phi) is 7.83. The second-order valence-corrected chi connectivity index (χ2v) is 4.97. The van der Waals surface area contributed by atoms with Crippen molar-refractivity contribution < 1.29 is 19.1 Å². The van der Waals surface area contributed by atoms with Crippen LogP contribution in [0.5, 0.6) is 5.75 Å². The minimum atomic E-state index is -0.343. The zero-order valence-electron chi connectivity index (χ0n) is 12.5. The Morgan fingerprint density at radius 1 is 1.24 bits per heavy atom. The first-order valence-electron chi connectivity index (χ1n) is 7.06. The molecular weight excluding hydrogens is 292 g/mol. The van der Waals surface area contributed by atoms with E-state index in [0.717, 1.165) is 17.7 Å². The van der Waals surface area contributed by atoms with Gasteiger partial charge < -0.3 is 9.47 Å². The fraction of sp³-hybridized carbons (Fsp3) is 0.500. The Morgan fingerprint density at radius 3 is 2.62 bits per heavy atom. The molecule has 1 aromatic rings. The van der Waals surface area contributed by atoms with E-state index in [9.17, 15) is 9.59 Å². The monoisotopic (exact) mass is 312 g/mol. The highest BCUT2D eigenvalue weighted by molar-refractivity contribution is 6.17. The highest BCUT2D eigenvalue weighted by Gasteiger charge is 2.12. The maximum Gasteiger partial charge on any atom is 0.306 e. The fourth-order valence-corrected chi connectivity index (χ4v) is 1.98. The predicted octanol–water partition coefficient (Wildman–Crippen LogP) is 3.53. The molecule has 0 heterocycles. The summed E-state index contributed by atoms with van der Waals surface area (Å²) in [4.78, 5) is 23.3. The summed E-state index contributed by atoms with van der Waals surface area (Å²) in [5.41, 5.74) is 1.45. The summed E-state index contributed by atoms with van der Waals surface area (Å²) in [7, 11) is 0.